The molecule has 1 unspecified atom stereocenters. The molecule has 41 heavy (non-hydrogen) atoms. The molecule has 2 saturated heterocycles. The lowest BCUT2D eigenvalue weighted by Gasteiger charge is -2.52. The predicted molar refractivity (Wildman–Crippen MR) is 166 cm³/mol. The van der Waals surface area contributed by atoms with Gasteiger partial charge in [-0.15, -0.1) is 0 Å². The number of hydrogen-bond acceptors (Lipinski definition) is 7. The van der Waals surface area contributed by atoms with Gasteiger partial charge in [0.2, 0.25) is 0 Å². The number of ether oxygens (including phenoxy) is 2. The van der Waals surface area contributed by atoms with Crippen LogP contribution in [0.25, 0.3) is 22.3 Å². The highest BCUT2D eigenvalue weighted by Gasteiger charge is 2.46. The van der Waals surface area contributed by atoms with Crippen molar-refractivity contribution in [2.24, 2.45) is 0 Å². The average Bonchev–Trinajstić information content (AvgIpc) is 3.29. The molecule has 222 valence electrons. The molecule has 1 amide bonds. The van der Waals surface area contributed by atoms with Gasteiger partial charge in [0.25, 0.3) is 0 Å². The van der Waals surface area contributed by atoms with Crippen LogP contribution in [0.1, 0.15) is 52.9 Å². The highest BCUT2D eigenvalue weighted by Crippen LogP contribution is 2.42. The van der Waals surface area contributed by atoms with Gasteiger partial charge in [0, 0.05) is 58.5 Å². The zero-order valence-electron chi connectivity index (χ0n) is 25.7. The molecule has 3 aromatic rings. The van der Waals surface area contributed by atoms with Crippen molar-refractivity contribution < 1.29 is 14.3 Å². The van der Waals surface area contributed by atoms with Gasteiger partial charge in [-0.05, 0) is 77.1 Å². The Balaban J connectivity index is 1.50. The molecule has 1 spiro atoms. The normalized spacial score (nSPS) is 20.1. The molecule has 3 aromatic heterocycles. The number of anilines is 1. The summed E-state index contributed by atoms with van der Waals surface area (Å²) in [5.74, 6) is 0. The lowest BCUT2D eigenvalue weighted by Crippen LogP contribution is -2.63. The van der Waals surface area contributed by atoms with Gasteiger partial charge in [-0.25, -0.2) is 9.78 Å². The number of pyridine rings is 1. The second-order valence-corrected chi connectivity index (χ2v) is 19.5. The molecule has 0 aliphatic carbocycles. The predicted octanol–water partition coefficient (Wildman–Crippen LogP) is 6.57. The van der Waals surface area contributed by atoms with E-state index in [9.17, 15) is 4.79 Å². The van der Waals surface area contributed by atoms with Gasteiger partial charge < -0.3 is 23.8 Å². The average molecular weight is 579 g/mol. The molecule has 0 bridgehead atoms. The first-order valence-corrected chi connectivity index (χ1v) is 18.8. The summed E-state index contributed by atoms with van der Waals surface area (Å²) in [6, 6.07) is 7.14. The highest BCUT2D eigenvalue weighted by molar-refractivity contribution is 6.76. The van der Waals surface area contributed by atoms with E-state index in [1.165, 1.54) is 0 Å². The third-order valence-corrected chi connectivity index (χ3v) is 9.87. The SMILES string of the molecule is CC(C)(C)OC(=O)N1CCCCC12CCCN(c1ccnc3c1c(-c1cccnn1)cn3COCC[Si](C)(C)C)C2. The van der Waals surface area contributed by atoms with E-state index in [1.807, 2.05) is 44.0 Å². The molecular formula is C31H46N6O3Si. The van der Waals surface area contributed by atoms with Crippen LogP contribution in [0.4, 0.5) is 10.5 Å². The Morgan fingerprint density at radius 2 is 1.88 bits per heavy atom. The zero-order chi connectivity index (χ0) is 29.3. The number of amides is 1. The standard InChI is InChI=1S/C31H46N6O3Si/c1-30(2,3)40-29(38)37-18-8-7-13-31(37)14-10-17-35(22-31)26-12-16-32-28-27(26)24(25-11-9-15-33-34-25)21-36(28)23-39-19-20-41(4,5)6/h9,11-12,15-16,21H,7-8,10,13-14,17-20,22-23H2,1-6H3. The van der Waals surface area contributed by atoms with E-state index in [0.29, 0.717) is 6.73 Å². The maximum atomic E-state index is 13.4. The van der Waals surface area contributed by atoms with E-state index in [4.69, 9.17) is 14.5 Å². The Bertz CT molecular complexity index is 1350. The number of rotatable bonds is 7. The second-order valence-electron chi connectivity index (χ2n) is 13.8. The van der Waals surface area contributed by atoms with Crippen LogP contribution < -0.4 is 4.90 Å². The van der Waals surface area contributed by atoms with Crippen molar-refractivity contribution in [2.45, 2.75) is 96.4 Å². The van der Waals surface area contributed by atoms with E-state index in [0.717, 1.165) is 92.4 Å². The Morgan fingerprint density at radius 1 is 1.07 bits per heavy atom. The molecule has 5 heterocycles. The first-order chi connectivity index (χ1) is 19.5. The third kappa shape index (κ3) is 6.75. The smallest absolute Gasteiger partial charge is 0.410 e. The molecule has 0 N–H and O–H groups in total. The summed E-state index contributed by atoms with van der Waals surface area (Å²) in [6.45, 7) is 16.5. The number of likely N-dealkylation sites (tertiary alicyclic amines) is 1. The van der Waals surface area contributed by atoms with E-state index in [-0.39, 0.29) is 11.6 Å². The summed E-state index contributed by atoms with van der Waals surface area (Å²) in [5.41, 5.74) is 3.04. The number of carbonyl (C=O) groups is 1. The molecule has 0 radical (unpaired) electrons. The maximum absolute atomic E-state index is 13.4. The van der Waals surface area contributed by atoms with Crippen LogP contribution >= 0.6 is 0 Å². The number of fused-ring (bicyclic) bond motifs is 1. The summed E-state index contributed by atoms with van der Waals surface area (Å²) >= 11 is 0. The molecule has 2 aliphatic heterocycles. The topological polar surface area (TPSA) is 85.6 Å². The molecular weight excluding hydrogens is 532 g/mol. The lowest BCUT2D eigenvalue weighted by molar-refractivity contribution is -0.0198. The van der Waals surface area contributed by atoms with E-state index in [2.05, 4.69) is 51.6 Å². The molecule has 2 fully saturated rings. The summed E-state index contributed by atoms with van der Waals surface area (Å²) < 4.78 is 14.1. The lowest BCUT2D eigenvalue weighted by atomic mass is 9.79. The van der Waals surface area contributed by atoms with Crippen LogP contribution in [0.5, 0.6) is 0 Å². The quantitative estimate of drug-likeness (QED) is 0.232. The van der Waals surface area contributed by atoms with Gasteiger partial charge in [0.1, 0.15) is 18.0 Å². The van der Waals surface area contributed by atoms with E-state index >= 15 is 0 Å². The minimum absolute atomic E-state index is 0.194. The van der Waals surface area contributed by atoms with Crippen molar-refractivity contribution in [3.63, 3.8) is 0 Å². The Hall–Kier alpha value is -2.98. The molecule has 0 aromatic carbocycles. The van der Waals surface area contributed by atoms with Crippen LogP contribution in [0.3, 0.4) is 0 Å². The molecule has 10 heteroatoms. The maximum Gasteiger partial charge on any atom is 0.410 e. The van der Waals surface area contributed by atoms with Gasteiger partial charge in [0.05, 0.1) is 22.3 Å². The molecule has 5 rings (SSSR count). The Morgan fingerprint density at radius 3 is 2.61 bits per heavy atom. The number of carbonyl (C=O) groups excluding carboxylic acids is 1. The van der Waals surface area contributed by atoms with Crippen molar-refractivity contribution >= 4 is 30.9 Å². The fourth-order valence-electron chi connectivity index (χ4n) is 6.18. The van der Waals surface area contributed by atoms with Crippen molar-refractivity contribution in [1.29, 1.82) is 0 Å². The number of piperidine rings is 2. The van der Waals surface area contributed by atoms with Gasteiger partial charge in [-0.2, -0.15) is 10.2 Å². The first-order valence-electron chi connectivity index (χ1n) is 15.1. The zero-order valence-corrected chi connectivity index (χ0v) is 26.7. The van der Waals surface area contributed by atoms with Crippen LogP contribution in [-0.4, -0.2) is 76.2 Å². The molecule has 0 saturated carbocycles. The number of hydrogen-bond donors (Lipinski definition) is 0. The minimum Gasteiger partial charge on any atom is -0.444 e. The summed E-state index contributed by atoms with van der Waals surface area (Å²) in [4.78, 5) is 22.7. The summed E-state index contributed by atoms with van der Waals surface area (Å²) in [6.07, 6.45) is 10.6. The summed E-state index contributed by atoms with van der Waals surface area (Å²) in [7, 11) is -1.19. The number of nitrogens with zero attached hydrogens (tertiary/aromatic N) is 6. The van der Waals surface area contributed by atoms with Gasteiger partial charge >= 0.3 is 6.09 Å². The Labute approximate surface area is 245 Å². The van der Waals surface area contributed by atoms with Crippen LogP contribution in [0.2, 0.25) is 25.7 Å². The number of aromatic nitrogens is 4. The van der Waals surface area contributed by atoms with E-state index in [1.54, 1.807) is 6.20 Å². The van der Waals surface area contributed by atoms with E-state index < -0.39 is 13.7 Å². The van der Waals surface area contributed by atoms with Crippen LogP contribution in [-0.2, 0) is 16.2 Å². The third-order valence-electron chi connectivity index (χ3n) is 8.17. The van der Waals surface area contributed by atoms with Crippen molar-refractivity contribution in [3.05, 3.63) is 36.8 Å². The van der Waals surface area contributed by atoms with Gasteiger partial charge in [0.15, 0.2) is 0 Å². The van der Waals surface area contributed by atoms with Gasteiger partial charge in [-0.3, -0.25) is 0 Å². The fraction of sp³-hybridized carbons (Fsp3) is 0.613. The fourth-order valence-corrected chi connectivity index (χ4v) is 6.94. The molecule has 2 aliphatic rings. The Kier molecular flexibility index (Phi) is 8.43. The first kappa shape index (κ1) is 29.5. The van der Waals surface area contributed by atoms with Crippen molar-refractivity contribution in [3.8, 4) is 11.3 Å². The largest absolute Gasteiger partial charge is 0.444 e. The van der Waals surface area contributed by atoms with Crippen LogP contribution in [0, 0.1) is 0 Å². The summed E-state index contributed by atoms with van der Waals surface area (Å²) in [5, 5.41) is 9.69. The molecule has 1 atom stereocenters. The second kappa shape index (κ2) is 11.7. The minimum atomic E-state index is -1.19. The van der Waals surface area contributed by atoms with Crippen molar-refractivity contribution in [2.75, 3.05) is 31.1 Å². The van der Waals surface area contributed by atoms with Crippen LogP contribution in [0.15, 0.2) is 36.8 Å². The molecule has 9 nitrogen and oxygen atoms in total. The van der Waals surface area contributed by atoms with Gasteiger partial charge in [-0.1, -0.05) is 19.6 Å². The van der Waals surface area contributed by atoms with Crippen molar-refractivity contribution in [1.82, 2.24) is 24.6 Å². The highest BCUT2D eigenvalue weighted by atomic mass is 28.3. The monoisotopic (exact) mass is 578 g/mol.